The molecule has 6 atom stereocenters. The quantitative estimate of drug-likeness (QED) is 0.407. The number of hydrogen-bond donors (Lipinski definition) is 1. The third kappa shape index (κ3) is 5.81. The van der Waals surface area contributed by atoms with E-state index in [-0.39, 0.29) is 29.6 Å². The summed E-state index contributed by atoms with van der Waals surface area (Å²) < 4.78 is 37.6. The lowest BCUT2D eigenvalue weighted by Gasteiger charge is -2.42. The Balaban J connectivity index is 1.39. The number of fused-ring (bicyclic) bond motifs is 1. The van der Waals surface area contributed by atoms with Crippen LogP contribution in [0.5, 0.6) is 0 Å². The minimum absolute atomic E-state index is 0.0679. The van der Waals surface area contributed by atoms with Crippen LogP contribution in [-0.2, 0) is 33.3 Å². The molecule has 9 heteroatoms. The molecule has 0 saturated carbocycles. The molecule has 1 aromatic carbocycles. The van der Waals surface area contributed by atoms with Crippen molar-refractivity contribution in [2.24, 2.45) is 23.7 Å². The van der Waals surface area contributed by atoms with E-state index < -0.39 is 11.0 Å². The van der Waals surface area contributed by atoms with Crippen LogP contribution in [0.1, 0.15) is 44.1 Å². The fourth-order valence-electron chi connectivity index (χ4n) is 6.54. The highest BCUT2D eigenvalue weighted by Crippen LogP contribution is 2.49. The Kier molecular flexibility index (Phi) is 8.77. The summed E-state index contributed by atoms with van der Waals surface area (Å²) in [5.41, 5.74) is 1.30. The number of carbonyl (C=O) groups is 1. The highest BCUT2D eigenvalue weighted by molar-refractivity contribution is 7.82. The number of nitrogens with one attached hydrogen (secondary N) is 1. The van der Waals surface area contributed by atoms with Crippen LogP contribution in [-0.4, -0.2) is 57.7 Å². The third-order valence-electron chi connectivity index (χ3n) is 8.53. The number of amides is 1. The number of carbonyl (C=O) groups excluding carboxylic acids is 1. The number of nitrogens with zero attached hydrogens (tertiary/aromatic N) is 2. The Morgan fingerprint density at radius 1 is 1.26 bits per heavy atom. The monoisotopic (exact) mass is 560 g/mol. The van der Waals surface area contributed by atoms with Gasteiger partial charge in [0.05, 0.1) is 28.5 Å². The molecule has 6 nitrogen and oxygen atoms in total. The lowest BCUT2D eigenvalue weighted by Crippen LogP contribution is -2.48. The number of halogens is 1. The first-order valence-electron chi connectivity index (χ1n) is 13.7. The van der Waals surface area contributed by atoms with Gasteiger partial charge in [-0.3, -0.25) is 4.79 Å². The van der Waals surface area contributed by atoms with Crippen LogP contribution in [0.2, 0.25) is 0 Å². The Bertz CT molecular complexity index is 1150. The topological polar surface area (TPSA) is 61.9 Å². The second-order valence-electron chi connectivity index (χ2n) is 11.0. The highest BCUT2D eigenvalue weighted by Gasteiger charge is 2.47. The number of allylic oxidation sites excluding steroid dienone is 3. The summed E-state index contributed by atoms with van der Waals surface area (Å²) in [7, 11) is 2.66. The Morgan fingerprint density at radius 2 is 2.05 bits per heavy atom. The lowest BCUT2D eigenvalue weighted by molar-refractivity contribution is -0.117. The summed E-state index contributed by atoms with van der Waals surface area (Å²) in [6, 6.07) is 6.17. The Morgan fingerprint density at radius 3 is 2.74 bits per heavy atom. The average molecular weight is 561 g/mol. The van der Waals surface area contributed by atoms with Crippen molar-refractivity contribution in [3.05, 3.63) is 65.2 Å². The fraction of sp³-hybridized carbons (Fsp3) is 0.552. The van der Waals surface area contributed by atoms with Crippen molar-refractivity contribution in [3.63, 3.8) is 0 Å². The summed E-state index contributed by atoms with van der Waals surface area (Å²) in [6.07, 6.45) is 12.7. The van der Waals surface area contributed by atoms with E-state index in [2.05, 4.69) is 40.7 Å². The Hall–Kier alpha value is -1.94. The minimum Gasteiger partial charge on any atom is -0.460 e. The van der Waals surface area contributed by atoms with Crippen molar-refractivity contribution in [3.8, 4) is 0 Å². The molecule has 206 valence electrons. The van der Waals surface area contributed by atoms with Crippen LogP contribution < -0.4 is 5.32 Å². The molecule has 1 N–H and O–H groups in total. The zero-order chi connectivity index (χ0) is 26.8. The number of benzene rings is 1. The molecule has 5 unspecified atom stereocenters. The van der Waals surface area contributed by atoms with Gasteiger partial charge in [-0.15, -0.1) is 4.31 Å². The van der Waals surface area contributed by atoms with Crippen LogP contribution in [0.3, 0.4) is 0 Å². The zero-order valence-electron chi connectivity index (χ0n) is 22.2. The second kappa shape index (κ2) is 12.1. The molecule has 0 aromatic heterocycles. The van der Waals surface area contributed by atoms with Crippen LogP contribution in [0.25, 0.3) is 5.76 Å². The first-order chi connectivity index (χ1) is 18.4. The largest absolute Gasteiger partial charge is 0.460 e. The van der Waals surface area contributed by atoms with Gasteiger partial charge in [-0.05, 0) is 86.6 Å². The predicted molar refractivity (Wildman–Crippen MR) is 154 cm³/mol. The maximum absolute atomic E-state index is 13.6. The lowest BCUT2D eigenvalue weighted by atomic mass is 9.71. The molecule has 0 bridgehead atoms. The van der Waals surface area contributed by atoms with E-state index in [1.165, 1.54) is 12.1 Å². The number of ether oxygens (including phenoxy) is 1. The van der Waals surface area contributed by atoms with Crippen molar-refractivity contribution in [1.29, 1.82) is 0 Å². The van der Waals surface area contributed by atoms with Crippen molar-refractivity contribution in [2.75, 3.05) is 32.9 Å². The van der Waals surface area contributed by atoms with Gasteiger partial charge in [-0.2, -0.15) is 0 Å². The molecule has 0 spiro atoms. The SMILES string of the molecule is CNC(=O)C1=C(c2ccc(F)cc2)OC2=CC(N(C)[SH2+])C([C@@H]3CCCN(S(=O)CC4CC=CCC4)C3)CC21. The van der Waals surface area contributed by atoms with Gasteiger partial charge in [0.15, 0.2) is 0 Å². The smallest absolute Gasteiger partial charge is 0.251 e. The van der Waals surface area contributed by atoms with Gasteiger partial charge < -0.3 is 10.1 Å². The van der Waals surface area contributed by atoms with Crippen molar-refractivity contribution in [2.45, 2.75) is 44.6 Å². The number of rotatable bonds is 7. The summed E-state index contributed by atoms with van der Waals surface area (Å²) >= 11 is 3.75. The Labute approximate surface area is 233 Å². The van der Waals surface area contributed by atoms with Gasteiger partial charge >= 0.3 is 0 Å². The number of piperidine rings is 1. The van der Waals surface area contributed by atoms with Crippen LogP contribution >= 0.6 is 0 Å². The summed E-state index contributed by atoms with van der Waals surface area (Å²) in [5.74, 6) is 2.45. The highest BCUT2D eigenvalue weighted by atomic mass is 32.2. The predicted octanol–water partition coefficient (Wildman–Crippen LogP) is 3.79. The first-order valence-corrected chi connectivity index (χ1v) is 15.4. The van der Waals surface area contributed by atoms with Gasteiger partial charge in [-0.25, -0.2) is 12.9 Å². The molecule has 0 radical (unpaired) electrons. The van der Waals surface area contributed by atoms with E-state index in [4.69, 9.17) is 4.74 Å². The molecule has 2 aliphatic carbocycles. The molecule has 5 rings (SSSR count). The average Bonchev–Trinajstić information content (AvgIpc) is 3.31. The van der Waals surface area contributed by atoms with Gasteiger partial charge in [0.1, 0.15) is 17.3 Å². The summed E-state index contributed by atoms with van der Waals surface area (Å²) in [4.78, 5) is 13.1. The van der Waals surface area contributed by atoms with Crippen molar-refractivity contribution >= 4 is 35.5 Å². The van der Waals surface area contributed by atoms with Gasteiger partial charge in [-0.1, -0.05) is 12.2 Å². The van der Waals surface area contributed by atoms with Gasteiger partial charge in [0.2, 0.25) is 0 Å². The summed E-state index contributed by atoms with van der Waals surface area (Å²) in [6.45, 7) is 1.68. The van der Waals surface area contributed by atoms with Gasteiger partial charge in [0, 0.05) is 51.3 Å². The molecule has 2 heterocycles. The van der Waals surface area contributed by atoms with E-state index in [0.717, 1.165) is 63.1 Å². The van der Waals surface area contributed by atoms with Crippen LogP contribution in [0.4, 0.5) is 4.39 Å². The maximum atomic E-state index is 13.6. The summed E-state index contributed by atoms with van der Waals surface area (Å²) in [5, 5.41) is 2.79. The number of hydrogen-bond acceptors (Lipinski definition) is 4. The van der Waals surface area contributed by atoms with E-state index in [1.54, 1.807) is 19.2 Å². The van der Waals surface area contributed by atoms with E-state index in [1.807, 2.05) is 11.4 Å². The molecule has 1 fully saturated rings. The molecule has 2 aliphatic heterocycles. The molecular formula is C29H39FN3O3S2+. The van der Waals surface area contributed by atoms with E-state index in [9.17, 15) is 13.4 Å². The van der Waals surface area contributed by atoms with Crippen LogP contribution in [0, 0.1) is 29.5 Å². The minimum atomic E-state index is -0.975. The van der Waals surface area contributed by atoms with Crippen molar-refractivity contribution in [1.82, 2.24) is 13.9 Å². The molecule has 4 aliphatic rings. The maximum Gasteiger partial charge on any atom is 0.251 e. The van der Waals surface area contributed by atoms with E-state index in [0.29, 0.717) is 28.7 Å². The van der Waals surface area contributed by atoms with Crippen LogP contribution in [0.15, 0.2) is 53.8 Å². The number of likely N-dealkylation sites (N-methyl/N-ethyl adjacent to an activating group) is 2. The molecule has 38 heavy (non-hydrogen) atoms. The third-order valence-corrected chi connectivity index (χ3v) is 10.5. The molecular weight excluding hydrogens is 521 g/mol. The first kappa shape index (κ1) is 27.6. The second-order valence-corrected chi connectivity index (χ2v) is 13.2. The fourth-order valence-corrected chi connectivity index (χ4v) is 8.41. The van der Waals surface area contributed by atoms with Crippen molar-refractivity contribution < 1.29 is 18.1 Å². The normalized spacial score (nSPS) is 30.6. The molecule has 1 amide bonds. The van der Waals surface area contributed by atoms with Gasteiger partial charge in [0.25, 0.3) is 5.91 Å². The molecule has 1 saturated heterocycles. The van der Waals surface area contributed by atoms with E-state index >= 15 is 0 Å². The zero-order valence-corrected chi connectivity index (χ0v) is 24.0. The standard InChI is InChI=1S/C29H38FN3O3S2/c1-31-29(34)27-24-15-23(21-9-6-14-33(17-21)38(35)18-19-7-4-3-5-8-19)25(32(2)37)16-26(24)36-28(27)20-10-12-22(30)13-11-20/h3-4,10-13,16,19,21,23-25,37H,5-9,14-15,17-18H2,1-2H3,(H,31,34)/p+1/t19?,21-,23?,24?,25?,38?/m1/s1. The molecule has 1 aromatic rings.